The van der Waals surface area contributed by atoms with Crippen molar-refractivity contribution < 1.29 is 0 Å². The fourth-order valence-corrected chi connectivity index (χ4v) is 2.66. The Labute approximate surface area is 130 Å². The quantitative estimate of drug-likeness (QED) is 0.756. The van der Waals surface area contributed by atoms with Crippen LogP contribution in [0.4, 0.5) is 0 Å². The van der Waals surface area contributed by atoms with Crippen molar-refractivity contribution in [3.8, 4) is 0 Å². The standard InChI is InChI=1S/C18H22BrN/c1-4-18(16-9-11-17(19)12-10-16)20-14(3)15-7-5-13(2)6-8-15/h5-12,14,18,20H,4H2,1-3H3/t14-,18?/m0/s1. The Kier molecular flexibility index (Phi) is 5.38. The summed E-state index contributed by atoms with van der Waals surface area (Å²) in [7, 11) is 0. The Bertz CT molecular complexity index is 530. The van der Waals surface area contributed by atoms with Gasteiger partial charge in [-0.25, -0.2) is 0 Å². The van der Waals surface area contributed by atoms with Gasteiger partial charge in [0.15, 0.2) is 0 Å². The van der Waals surface area contributed by atoms with Gasteiger partial charge in [0.05, 0.1) is 0 Å². The van der Waals surface area contributed by atoms with Crippen LogP contribution in [-0.4, -0.2) is 0 Å². The van der Waals surface area contributed by atoms with Crippen molar-refractivity contribution in [2.45, 2.75) is 39.3 Å². The highest BCUT2D eigenvalue weighted by atomic mass is 79.9. The van der Waals surface area contributed by atoms with Crippen LogP contribution in [0.3, 0.4) is 0 Å². The van der Waals surface area contributed by atoms with Crippen molar-refractivity contribution in [2.24, 2.45) is 0 Å². The third-order valence-electron chi connectivity index (χ3n) is 3.71. The molecule has 106 valence electrons. The molecular weight excluding hydrogens is 310 g/mol. The summed E-state index contributed by atoms with van der Waals surface area (Å²) in [6.45, 7) is 6.58. The van der Waals surface area contributed by atoms with E-state index in [2.05, 4.69) is 90.5 Å². The van der Waals surface area contributed by atoms with Gasteiger partial charge in [-0.3, -0.25) is 0 Å². The minimum Gasteiger partial charge on any atom is -0.303 e. The maximum absolute atomic E-state index is 3.72. The molecule has 0 saturated heterocycles. The van der Waals surface area contributed by atoms with Crippen LogP contribution < -0.4 is 5.32 Å². The molecule has 1 nitrogen and oxygen atoms in total. The van der Waals surface area contributed by atoms with E-state index in [0.29, 0.717) is 12.1 Å². The first-order chi connectivity index (χ1) is 9.60. The number of hydrogen-bond donors (Lipinski definition) is 1. The van der Waals surface area contributed by atoms with E-state index in [4.69, 9.17) is 0 Å². The van der Waals surface area contributed by atoms with Crippen molar-refractivity contribution in [2.75, 3.05) is 0 Å². The number of aryl methyl sites for hydroxylation is 1. The second kappa shape index (κ2) is 7.05. The van der Waals surface area contributed by atoms with Gasteiger partial charge in [-0.2, -0.15) is 0 Å². The molecule has 0 aliphatic rings. The molecule has 2 heteroatoms. The fraction of sp³-hybridized carbons (Fsp3) is 0.333. The van der Waals surface area contributed by atoms with E-state index in [1.54, 1.807) is 0 Å². The van der Waals surface area contributed by atoms with Gasteiger partial charge in [-0.1, -0.05) is 64.8 Å². The highest BCUT2D eigenvalue weighted by Gasteiger charge is 2.13. The van der Waals surface area contributed by atoms with Crippen molar-refractivity contribution >= 4 is 15.9 Å². The third-order valence-corrected chi connectivity index (χ3v) is 4.24. The number of rotatable bonds is 5. The SMILES string of the molecule is CCC(N[C@@H](C)c1ccc(C)cc1)c1ccc(Br)cc1. The van der Waals surface area contributed by atoms with E-state index in [1.807, 2.05) is 0 Å². The molecule has 0 saturated carbocycles. The lowest BCUT2D eigenvalue weighted by Crippen LogP contribution is -2.24. The molecule has 0 spiro atoms. The molecule has 2 atom stereocenters. The predicted octanol–water partition coefficient (Wildman–Crippen LogP) is 5.56. The first kappa shape index (κ1) is 15.3. The molecule has 0 bridgehead atoms. The normalized spacial score (nSPS) is 14.0. The molecule has 1 unspecified atom stereocenters. The van der Waals surface area contributed by atoms with Crippen LogP contribution in [0, 0.1) is 6.92 Å². The molecule has 0 radical (unpaired) electrons. The van der Waals surface area contributed by atoms with E-state index < -0.39 is 0 Å². The smallest absolute Gasteiger partial charge is 0.0323 e. The highest BCUT2D eigenvalue weighted by molar-refractivity contribution is 9.10. The van der Waals surface area contributed by atoms with Crippen molar-refractivity contribution in [1.82, 2.24) is 5.32 Å². The van der Waals surface area contributed by atoms with Gasteiger partial charge >= 0.3 is 0 Å². The number of hydrogen-bond acceptors (Lipinski definition) is 1. The maximum atomic E-state index is 3.72. The van der Waals surface area contributed by atoms with Crippen LogP contribution in [0.1, 0.15) is 49.0 Å². The van der Waals surface area contributed by atoms with Crippen LogP contribution in [0.2, 0.25) is 0 Å². The second-order valence-electron chi connectivity index (χ2n) is 5.31. The molecule has 0 fully saturated rings. The lowest BCUT2D eigenvalue weighted by atomic mass is 10.0. The molecule has 0 aromatic heterocycles. The predicted molar refractivity (Wildman–Crippen MR) is 89.9 cm³/mol. The van der Waals surface area contributed by atoms with Crippen LogP contribution in [0.15, 0.2) is 53.0 Å². The molecule has 2 aromatic rings. The summed E-state index contributed by atoms with van der Waals surface area (Å²) in [5.41, 5.74) is 3.99. The molecule has 0 aliphatic carbocycles. The molecule has 0 aliphatic heterocycles. The van der Waals surface area contributed by atoms with Gasteiger partial charge < -0.3 is 5.32 Å². The first-order valence-corrected chi connectivity index (χ1v) is 7.97. The van der Waals surface area contributed by atoms with Crippen molar-refractivity contribution in [3.63, 3.8) is 0 Å². The average Bonchev–Trinajstić information content (AvgIpc) is 2.46. The molecule has 0 amide bonds. The van der Waals surface area contributed by atoms with E-state index in [-0.39, 0.29) is 0 Å². The second-order valence-corrected chi connectivity index (χ2v) is 6.23. The molecule has 20 heavy (non-hydrogen) atoms. The number of halogens is 1. The van der Waals surface area contributed by atoms with Gasteiger partial charge in [0.1, 0.15) is 0 Å². The van der Waals surface area contributed by atoms with Crippen LogP contribution in [-0.2, 0) is 0 Å². The van der Waals surface area contributed by atoms with Crippen molar-refractivity contribution in [3.05, 3.63) is 69.7 Å². The lowest BCUT2D eigenvalue weighted by Gasteiger charge is -2.23. The Morgan fingerprint density at radius 2 is 1.50 bits per heavy atom. The van der Waals surface area contributed by atoms with Crippen LogP contribution in [0.5, 0.6) is 0 Å². The van der Waals surface area contributed by atoms with Crippen molar-refractivity contribution in [1.29, 1.82) is 0 Å². The molecule has 2 aromatic carbocycles. The van der Waals surface area contributed by atoms with Gasteiger partial charge in [-0.05, 0) is 43.5 Å². The van der Waals surface area contributed by atoms with Crippen LogP contribution >= 0.6 is 15.9 Å². The summed E-state index contributed by atoms with van der Waals surface area (Å²) in [4.78, 5) is 0. The Morgan fingerprint density at radius 1 is 0.950 bits per heavy atom. The summed E-state index contributed by atoms with van der Waals surface area (Å²) in [6, 6.07) is 18.1. The zero-order valence-corrected chi connectivity index (χ0v) is 13.9. The Balaban J connectivity index is 2.09. The largest absolute Gasteiger partial charge is 0.303 e. The van der Waals surface area contributed by atoms with Gasteiger partial charge in [0, 0.05) is 16.6 Å². The maximum Gasteiger partial charge on any atom is 0.0323 e. The first-order valence-electron chi connectivity index (χ1n) is 7.18. The molecular formula is C18H22BrN. The zero-order valence-electron chi connectivity index (χ0n) is 12.4. The highest BCUT2D eigenvalue weighted by Crippen LogP contribution is 2.23. The molecule has 1 N–H and O–H groups in total. The lowest BCUT2D eigenvalue weighted by molar-refractivity contribution is 0.456. The minimum absolute atomic E-state index is 0.351. The molecule has 2 rings (SSSR count). The van der Waals surface area contributed by atoms with E-state index >= 15 is 0 Å². The fourth-order valence-electron chi connectivity index (χ4n) is 2.40. The summed E-state index contributed by atoms with van der Waals surface area (Å²) in [5.74, 6) is 0. The van der Waals surface area contributed by atoms with E-state index in [1.165, 1.54) is 16.7 Å². The third kappa shape index (κ3) is 3.94. The number of nitrogens with one attached hydrogen (secondary N) is 1. The monoisotopic (exact) mass is 331 g/mol. The Morgan fingerprint density at radius 3 is 2.05 bits per heavy atom. The Hall–Kier alpha value is -1.12. The number of benzene rings is 2. The topological polar surface area (TPSA) is 12.0 Å². The van der Waals surface area contributed by atoms with E-state index in [0.717, 1.165) is 10.9 Å². The molecule has 0 heterocycles. The summed E-state index contributed by atoms with van der Waals surface area (Å²) >= 11 is 3.49. The van der Waals surface area contributed by atoms with E-state index in [9.17, 15) is 0 Å². The zero-order chi connectivity index (χ0) is 14.5. The summed E-state index contributed by atoms with van der Waals surface area (Å²) in [5, 5.41) is 3.72. The van der Waals surface area contributed by atoms with Gasteiger partial charge in [0.2, 0.25) is 0 Å². The minimum atomic E-state index is 0.351. The van der Waals surface area contributed by atoms with Gasteiger partial charge in [-0.15, -0.1) is 0 Å². The average molecular weight is 332 g/mol. The van der Waals surface area contributed by atoms with Crippen LogP contribution in [0.25, 0.3) is 0 Å². The summed E-state index contributed by atoms with van der Waals surface area (Å²) in [6.07, 6.45) is 1.08. The summed E-state index contributed by atoms with van der Waals surface area (Å²) < 4.78 is 1.13. The van der Waals surface area contributed by atoms with Gasteiger partial charge in [0.25, 0.3) is 0 Å².